The largest absolute Gasteiger partial charge is 0.433 e. The first-order valence-electron chi connectivity index (χ1n) is 10.8. The van der Waals surface area contributed by atoms with Crippen molar-refractivity contribution < 1.29 is 35.2 Å². The van der Waals surface area contributed by atoms with Crippen LogP contribution in [0.1, 0.15) is 28.1 Å². The minimum atomic E-state index is -4.63. The average Bonchev–Trinajstić information content (AvgIpc) is 2.82. The lowest BCUT2D eigenvalue weighted by Crippen LogP contribution is -2.21. The van der Waals surface area contributed by atoms with E-state index >= 15 is 0 Å². The van der Waals surface area contributed by atoms with Crippen molar-refractivity contribution in [2.24, 2.45) is 0 Å². The summed E-state index contributed by atoms with van der Waals surface area (Å²) in [7, 11) is -3.91. The van der Waals surface area contributed by atoms with E-state index in [2.05, 4.69) is 10.3 Å². The van der Waals surface area contributed by atoms with Gasteiger partial charge in [-0.2, -0.15) is 13.2 Å². The van der Waals surface area contributed by atoms with E-state index in [1.165, 1.54) is 12.1 Å². The van der Waals surface area contributed by atoms with Gasteiger partial charge < -0.3 is 5.32 Å². The zero-order valence-corrected chi connectivity index (χ0v) is 20.3. The quantitative estimate of drug-likeness (QED) is 0.300. The topological polar surface area (TPSA) is 88.2 Å². The van der Waals surface area contributed by atoms with Crippen LogP contribution in [0, 0.1) is 11.6 Å². The maximum Gasteiger partial charge on any atom is 0.433 e. The Balaban J connectivity index is 1.72. The molecule has 0 radical (unpaired) electrons. The second-order valence-corrected chi connectivity index (χ2v) is 9.82. The number of nitrogens with one attached hydrogen (secondary N) is 2. The Hall–Kier alpha value is -3.80. The highest BCUT2D eigenvalue weighted by atomic mass is 32.2. The van der Waals surface area contributed by atoms with Crippen LogP contribution in [0.5, 0.6) is 0 Å². The first kappa shape index (κ1) is 27.8. The molecule has 6 nitrogen and oxygen atoms in total. The molecule has 0 aliphatic carbocycles. The van der Waals surface area contributed by atoms with E-state index in [9.17, 15) is 35.2 Å². The van der Waals surface area contributed by atoms with Gasteiger partial charge in [0.1, 0.15) is 11.4 Å². The molecule has 0 saturated heterocycles. The molecule has 0 spiro atoms. The smallest absolute Gasteiger partial charge is 0.348 e. The van der Waals surface area contributed by atoms with Crippen molar-refractivity contribution in [1.29, 1.82) is 0 Å². The lowest BCUT2D eigenvalue weighted by molar-refractivity contribution is -0.141. The molecule has 0 unspecified atom stereocenters. The van der Waals surface area contributed by atoms with Crippen LogP contribution in [-0.2, 0) is 40.4 Å². The minimum absolute atomic E-state index is 0.0237. The zero-order chi connectivity index (χ0) is 27.2. The fourth-order valence-corrected chi connectivity index (χ4v) is 3.92. The van der Waals surface area contributed by atoms with Gasteiger partial charge in [0, 0.05) is 18.3 Å². The number of carbonyl (C=O) groups is 1. The molecule has 2 N–H and O–H groups in total. The zero-order valence-electron chi connectivity index (χ0n) is 19.4. The monoisotopic (exact) mass is 539 g/mol. The minimum Gasteiger partial charge on any atom is -0.348 e. The summed E-state index contributed by atoms with van der Waals surface area (Å²) in [5.41, 5.74) is -0.485. The number of amides is 1. The van der Waals surface area contributed by atoms with Crippen molar-refractivity contribution in [1.82, 2.24) is 10.3 Å². The third-order valence-corrected chi connectivity index (χ3v) is 5.64. The lowest BCUT2D eigenvalue weighted by Gasteiger charge is -2.11. The van der Waals surface area contributed by atoms with Gasteiger partial charge in [-0.15, -0.1) is 0 Å². The Morgan fingerprint density at radius 1 is 0.973 bits per heavy atom. The fourth-order valence-electron chi connectivity index (χ4n) is 3.35. The van der Waals surface area contributed by atoms with Gasteiger partial charge in [0.25, 0.3) is 0 Å². The van der Waals surface area contributed by atoms with E-state index in [4.69, 9.17) is 0 Å². The second-order valence-electron chi connectivity index (χ2n) is 8.08. The van der Waals surface area contributed by atoms with Crippen LogP contribution < -0.4 is 10.0 Å². The van der Waals surface area contributed by atoms with E-state index < -0.39 is 45.1 Å². The first-order valence-corrected chi connectivity index (χ1v) is 12.7. The van der Waals surface area contributed by atoms with Gasteiger partial charge >= 0.3 is 6.18 Å². The normalized spacial score (nSPS) is 12.1. The van der Waals surface area contributed by atoms with E-state index in [0.29, 0.717) is 12.0 Å². The first-order chi connectivity index (χ1) is 17.3. The summed E-state index contributed by atoms with van der Waals surface area (Å²) in [6.45, 7) is -0.289. The average molecular weight is 540 g/mol. The maximum absolute atomic E-state index is 14.1. The molecule has 0 saturated carbocycles. The standard InChI is InChI=1S/C25H22F5N3O3S/c1-37(35,36)33-24-19(26)13-17(14-20(24)27)15-31-23(34)12-9-18-8-11-22(25(28,29)30)32-21(18)10-7-16-5-3-2-4-6-16/h2-6,8-9,11-14,33H,7,10,15H2,1H3,(H,31,34)/b12-9+. The molecule has 2 aromatic carbocycles. The van der Waals surface area contributed by atoms with Crippen molar-refractivity contribution in [3.05, 3.63) is 100 Å². The Morgan fingerprint density at radius 2 is 1.62 bits per heavy atom. The molecule has 1 amide bonds. The highest BCUT2D eigenvalue weighted by Gasteiger charge is 2.32. The lowest BCUT2D eigenvalue weighted by atomic mass is 10.0. The molecular formula is C25H22F5N3O3S. The number of sulfonamides is 1. The number of pyridine rings is 1. The van der Waals surface area contributed by atoms with Gasteiger partial charge in [-0.1, -0.05) is 36.4 Å². The van der Waals surface area contributed by atoms with Crippen LogP contribution in [0.4, 0.5) is 27.6 Å². The van der Waals surface area contributed by atoms with Gasteiger partial charge in [0.05, 0.1) is 6.26 Å². The summed E-state index contributed by atoms with van der Waals surface area (Å²) in [5, 5.41) is 2.41. The summed E-state index contributed by atoms with van der Waals surface area (Å²) in [5.74, 6) is -3.00. The van der Waals surface area contributed by atoms with Crippen LogP contribution in [0.15, 0.2) is 60.7 Å². The molecule has 1 aromatic heterocycles. The predicted molar refractivity (Wildman–Crippen MR) is 129 cm³/mol. The van der Waals surface area contributed by atoms with Crippen molar-refractivity contribution in [2.75, 3.05) is 11.0 Å². The number of aromatic nitrogens is 1. The number of benzene rings is 2. The van der Waals surface area contributed by atoms with Gasteiger partial charge in [-0.05, 0) is 53.8 Å². The predicted octanol–water partition coefficient (Wildman–Crippen LogP) is 4.86. The van der Waals surface area contributed by atoms with Crippen molar-refractivity contribution in [2.45, 2.75) is 25.6 Å². The van der Waals surface area contributed by atoms with Crippen molar-refractivity contribution in [3.63, 3.8) is 0 Å². The summed E-state index contributed by atoms with van der Waals surface area (Å²) in [4.78, 5) is 16.0. The molecule has 0 aliphatic heterocycles. The van der Waals surface area contributed by atoms with E-state index in [0.717, 1.165) is 36.1 Å². The molecule has 196 valence electrons. The maximum atomic E-state index is 14.1. The van der Waals surface area contributed by atoms with Gasteiger partial charge in [-0.3, -0.25) is 9.52 Å². The van der Waals surface area contributed by atoms with E-state index in [-0.39, 0.29) is 24.2 Å². The molecule has 37 heavy (non-hydrogen) atoms. The van der Waals surface area contributed by atoms with Crippen LogP contribution >= 0.6 is 0 Å². The van der Waals surface area contributed by atoms with Gasteiger partial charge in [0.2, 0.25) is 15.9 Å². The third-order valence-electron chi connectivity index (χ3n) is 5.06. The van der Waals surface area contributed by atoms with Gasteiger partial charge in [0.15, 0.2) is 11.6 Å². The van der Waals surface area contributed by atoms with E-state index in [1.54, 1.807) is 4.72 Å². The Kier molecular flexibility index (Phi) is 8.64. The van der Waals surface area contributed by atoms with Crippen molar-refractivity contribution >= 4 is 27.7 Å². The number of halogens is 5. The second kappa shape index (κ2) is 11.5. The van der Waals surface area contributed by atoms with Crippen LogP contribution in [0.25, 0.3) is 6.08 Å². The SMILES string of the molecule is CS(=O)(=O)Nc1c(F)cc(CNC(=O)/C=C/c2ccc(C(F)(F)F)nc2CCc2ccccc2)cc1F. The molecule has 0 atom stereocenters. The number of hydrogen-bond acceptors (Lipinski definition) is 4. The molecule has 3 rings (SSSR count). The summed E-state index contributed by atoms with van der Waals surface area (Å²) in [6, 6.07) is 12.9. The molecule has 0 fully saturated rings. The number of anilines is 1. The van der Waals surface area contributed by atoms with Crippen LogP contribution in [0.3, 0.4) is 0 Å². The summed E-state index contributed by atoms with van der Waals surface area (Å²) < 4.78 is 91.9. The molecule has 12 heteroatoms. The number of alkyl halides is 3. The Morgan fingerprint density at radius 3 is 2.22 bits per heavy atom. The Labute approximate surface area is 210 Å². The van der Waals surface area contributed by atoms with Crippen LogP contribution in [0.2, 0.25) is 0 Å². The highest BCUT2D eigenvalue weighted by Crippen LogP contribution is 2.29. The third kappa shape index (κ3) is 8.38. The van der Waals surface area contributed by atoms with Crippen LogP contribution in [-0.4, -0.2) is 25.6 Å². The number of aryl methyl sites for hydroxylation is 2. The number of hydrogen-bond donors (Lipinski definition) is 2. The number of nitrogens with zero attached hydrogens (tertiary/aromatic N) is 1. The Bertz CT molecular complexity index is 1390. The molecular weight excluding hydrogens is 517 g/mol. The van der Waals surface area contributed by atoms with E-state index in [1.807, 2.05) is 30.3 Å². The summed E-state index contributed by atoms with van der Waals surface area (Å²) in [6.07, 6.45) is -0.874. The highest BCUT2D eigenvalue weighted by molar-refractivity contribution is 7.92. The van der Waals surface area contributed by atoms with Crippen molar-refractivity contribution in [3.8, 4) is 0 Å². The molecule has 3 aromatic rings. The molecule has 1 heterocycles. The van der Waals surface area contributed by atoms with Gasteiger partial charge in [-0.25, -0.2) is 22.2 Å². The molecule has 0 bridgehead atoms. The number of rotatable bonds is 9. The molecule has 0 aliphatic rings. The fraction of sp³-hybridized carbons (Fsp3) is 0.200. The summed E-state index contributed by atoms with van der Waals surface area (Å²) >= 11 is 0. The number of carbonyl (C=O) groups excluding carboxylic acids is 1.